The first-order valence-corrected chi connectivity index (χ1v) is 6.88. The zero-order valence-corrected chi connectivity index (χ0v) is 11.0. The highest BCUT2D eigenvalue weighted by atomic mass is 35.5. The molecule has 0 radical (unpaired) electrons. The van der Waals surface area contributed by atoms with Crippen molar-refractivity contribution >= 4 is 35.2 Å². The highest BCUT2D eigenvalue weighted by Crippen LogP contribution is 2.23. The summed E-state index contributed by atoms with van der Waals surface area (Å²) in [5.41, 5.74) is 0.976. The molecule has 1 saturated heterocycles. The van der Waals surface area contributed by atoms with Crippen LogP contribution in [0.15, 0.2) is 24.3 Å². The third-order valence-electron chi connectivity index (χ3n) is 2.68. The third-order valence-corrected chi connectivity index (χ3v) is 4.23. The van der Waals surface area contributed by atoms with Crippen LogP contribution in [0, 0.1) is 0 Å². The Hall–Kier alpha value is -1.20. The van der Waals surface area contributed by atoms with E-state index in [0.29, 0.717) is 17.2 Å². The second-order valence-electron chi connectivity index (χ2n) is 4.06. The highest BCUT2D eigenvalue weighted by Gasteiger charge is 2.32. The van der Waals surface area contributed by atoms with E-state index in [2.05, 4.69) is 5.32 Å². The fourth-order valence-corrected chi connectivity index (χ4v) is 3.15. The molecule has 1 fully saturated rings. The lowest BCUT2D eigenvalue weighted by molar-refractivity contribution is -0.141. The van der Waals surface area contributed by atoms with Gasteiger partial charge in [0.2, 0.25) is 5.91 Å². The van der Waals surface area contributed by atoms with Crippen LogP contribution in [0.1, 0.15) is 5.56 Å². The van der Waals surface area contributed by atoms with Crippen LogP contribution < -0.4 is 5.32 Å². The molecule has 4 nitrogen and oxygen atoms in total. The summed E-state index contributed by atoms with van der Waals surface area (Å²) in [6, 6.07) is 6.56. The Bertz CT molecular complexity index is 480. The topological polar surface area (TPSA) is 66.4 Å². The van der Waals surface area contributed by atoms with Gasteiger partial charge in [0.25, 0.3) is 0 Å². The molecule has 2 atom stereocenters. The first kappa shape index (κ1) is 13.2. The Balaban J connectivity index is 1.99. The van der Waals surface area contributed by atoms with E-state index in [-0.39, 0.29) is 11.2 Å². The quantitative estimate of drug-likeness (QED) is 0.885. The standard InChI is InChI=1S/C12H12ClNO3S/c13-8-3-1-2-7(4-8)5-10-11(15)14-9(6-18-10)12(16)17/h1-4,9-10H,5-6H2,(H,14,15)(H,16,17)/t9-,10-/m1/s1. The van der Waals surface area contributed by atoms with E-state index in [1.165, 1.54) is 11.8 Å². The Kier molecular flexibility index (Phi) is 4.14. The molecule has 0 aliphatic carbocycles. The summed E-state index contributed by atoms with van der Waals surface area (Å²) in [7, 11) is 0. The lowest BCUT2D eigenvalue weighted by Gasteiger charge is -2.26. The zero-order valence-electron chi connectivity index (χ0n) is 9.43. The molecule has 0 spiro atoms. The maximum atomic E-state index is 11.8. The van der Waals surface area contributed by atoms with E-state index < -0.39 is 12.0 Å². The molecule has 0 bridgehead atoms. The van der Waals surface area contributed by atoms with Gasteiger partial charge in [-0.1, -0.05) is 23.7 Å². The first-order chi connectivity index (χ1) is 8.56. The molecule has 1 aliphatic heterocycles. The van der Waals surface area contributed by atoms with E-state index in [0.717, 1.165) is 5.56 Å². The number of rotatable bonds is 3. The number of thioether (sulfide) groups is 1. The van der Waals surface area contributed by atoms with Gasteiger partial charge in [0.15, 0.2) is 0 Å². The van der Waals surface area contributed by atoms with Crippen molar-refractivity contribution in [3.05, 3.63) is 34.9 Å². The normalized spacial score (nSPS) is 23.5. The zero-order chi connectivity index (χ0) is 13.1. The van der Waals surface area contributed by atoms with Gasteiger partial charge >= 0.3 is 5.97 Å². The number of hydrogen-bond acceptors (Lipinski definition) is 3. The minimum atomic E-state index is -0.989. The summed E-state index contributed by atoms with van der Waals surface area (Å²) in [5, 5.41) is 11.7. The minimum absolute atomic E-state index is 0.223. The van der Waals surface area contributed by atoms with E-state index >= 15 is 0 Å². The van der Waals surface area contributed by atoms with E-state index in [1.54, 1.807) is 6.07 Å². The molecule has 2 N–H and O–H groups in total. The number of benzene rings is 1. The molecule has 96 valence electrons. The van der Waals surface area contributed by atoms with E-state index in [9.17, 15) is 9.59 Å². The summed E-state index contributed by atoms with van der Waals surface area (Å²) in [5.74, 6) is -0.817. The molecule has 0 unspecified atom stereocenters. The van der Waals surface area contributed by atoms with Crippen LogP contribution >= 0.6 is 23.4 Å². The van der Waals surface area contributed by atoms with Crippen molar-refractivity contribution in [3.63, 3.8) is 0 Å². The molecule has 1 aliphatic rings. The number of aliphatic carboxylic acids is 1. The molecule has 1 amide bonds. The average Bonchev–Trinajstić information content (AvgIpc) is 2.31. The van der Waals surface area contributed by atoms with Crippen LogP contribution in [-0.2, 0) is 16.0 Å². The number of carboxylic acids is 1. The molecule has 0 aromatic heterocycles. The van der Waals surface area contributed by atoms with Gasteiger partial charge in [-0.2, -0.15) is 0 Å². The summed E-state index contributed by atoms with van der Waals surface area (Å²) < 4.78 is 0. The molecule has 6 heteroatoms. The second-order valence-corrected chi connectivity index (χ2v) is 5.73. The lowest BCUT2D eigenvalue weighted by Crippen LogP contribution is -2.51. The van der Waals surface area contributed by atoms with Crippen molar-refractivity contribution in [2.75, 3.05) is 5.75 Å². The van der Waals surface area contributed by atoms with Crippen molar-refractivity contribution < 1.29 is 14.7 Å². The molecule has 1 aromatic rings. The summed E-state index contributed by atoms with van der Waals surface area (Å²) in [6.45, 7) is 0. The second kappa shape index (κ2) is 5.63. The number of hydrogen-bond donors (Lipinski definition) is 2. The maximum Gasteiger partial charge on any atom is 0.327 e. The maximum absolute atomic E-state index is 11.8. The van der Waals surface area contributed by atoms with Gasteiger partial charge < -0.3 is 10.4 Å². The minimum Gasteiger partial charge on any atom is -0.480 e. The lowest BCUT2D eigenvalue weighted by atomic mass is 10.1. The number of carbonyl (C=O) groups excluding carboxylic acids is 1. The van der Waals surface area contributed by atoms with Crippen LogP contribution in [0.25, 0.3) is 0 Å². The molecule has 18 heavy (non-hydrogen) atoms. The van der Waals surface area contributed by atoms with Crippen molar-refractivity contribution in [2.24, 2.45) is 0 Å². The van der Waals surface area contributed by atoms with Gasteiger partial charge in [-0.15, -0.1) is 11.8 Å². The molecule has 1 heterocycles. The molecular weight excluding hydrogens is 274 g/mol. The van der Waals surface area contributed by atoms with Crippen molar-refractivity contribution in [2.45, 2.75) is 17.7 Å². The van der Waals surface area contributed by atoms with Gasteiger partial charge in [0.05, 0.1) is 5.25 Å². The first-order valence-electron chi connectivity index (χ1n) is 5.45. The summed E-state index contributed by atoms with van der Waals surface area (Å²) in [6.07, 6.45) is 0.559. The predicted molar refractivity (Wildman–Crippen MR) is 71.0 cm³/mol. The van der Waals surface area contributed by atoms with E-state index in [4.69, 9.17) is 16.7 Å². The largest absolute Gasteiger partial charge is 0.480 e. The van der Waals surface area contributed by atoms with Gasteiger partial charge in [-0.05, 0) is 24.1 Å². The summed E-state index contributed by atoms with van der Waals surface area (Å²) in [4.78, 5) is 22.5. The van der Waals surface area contributed by atoms with Gasteiger partial charge in [-0.25, -0.2) is 4.79 Å². The number of carbonyl (C=O) groups is 2. The molecular formula is C12H12ClNO3S. The molecule has 1 aromatic carbocycles. The SMILES string of the molecule is O=C(O)[C@H]1CS[C@H](Cc2cccc(Cl)c2)C(=O)N1. The van der Waals surface area contributed by atoms with Gasteiger partial charge in [0.1, 0.15) is 6.04 Å². The Labute approximate surface area is 114 Å². The Morgan fingerprint density at radius 1 is 1.56 bits per heavy atom. The van der Waals surface area contributed by atoms with Gasteiger partial charge in [0, 0.05) is 10.8 Å². The monoisotopic (exact) mass is 285 g/mol. The molecule has 0 saturated carbocycles. The van der Waals surface area contributed by atoms with Crippen LogP contribution in [0.2, 0.25) is 5.02 Å². The smallest absolute Gasteiger partial charge is 0.327 e. The Morgan fingerprint density at radius 3 is 2.94 bits per heavy atom. The number of nitrogens with one attached hydrogen (secondary N) is 1. The van der Waals surface area contributed by atoms with Gasteiger partial charge in [-0.3, -0.25) is 4.79 Å². The fourth-order valence-electron chi connectivity index (χ4n) is 1.76. The van der Waals surface area contributed by atoms with Crippen molar-refractivity contribution in [3.8, 4) is 0 Å². The highest BCUT2D eigenvalue weighted by molar-refractivity contribution is 8.00. The van der Waals surface area contributed by atoms with Crippen molar-refractivity contribution in [1.82, 2.24) is 5.32 Å². The van der Waals surface area contributed by atoms with Crippen LogP contribution in [0.4, 0.5) is 0 Å². The van der Waals surface area contributed by atoms with Crippen molar-refractivity contribution in [1.29, 1.82) is 0 Å². The average molecular weight is 286 g/mol. The van der Waals surface area contributed by atoms with Crippen LogP contribution in [0.5, 0.6) is 0 Å². The molecule has 2 rings (SSSR count). The van der Waals surface area contributed by atoms with E-state index in [1.807, 2.05) is 18.2 Å². The number of halogens is 1. The third kappa shape index (κ3) is 3.17. The van der Waals surface area contributed by atoms with Crippen LogP contribution in [-0.4, -0.2) is 34.0 Å². The summed E-state index contributed by atoms with van der Waals surface area (Å²) >= 11 is 7.25. The van der Waals surface area contributed by atoms with Crippen LogP contribution in [0.3, 0.4) is 0 Å². The fraction of sp³-hybridized carbons (Fsp3) is 0.333. The predicted octanol–water partition coefficient (Wildman–Crippen LogP) is 1.57. The number of amides is 1. The number of carboxylic acid groups (broad SMARTS) is 1. The Morgan fingerprint density at radius 2 is 2.33 bits per heavy atom.